The van der Waals surface area contributed by atoms with Crippen LogP contribution in [0.15, 0.2) is 65.7 Å². The van der Waals surface area contributed by atoms with E-state index in [0.717, 1.165) is 17.3 Å². The highest BCUT2D eigenvalue weighted by Gasteiger charge is 2.22. The zero-order valence-electron chi connectivity index (χ0n) is 19.8. The SMILES string of the molecule is Cc1ccc(NC(=O)c2cc(F)cc(C(C)(C)C#N)c2)cc1Nc1ccc2ncn(C)c(=O)c2c1. The molecule has 0 bridgehead atoms. The Morgan fingerprint density at radius 2 is 1.83 bits per heavy atom. The van der Waals surface area contributed by atoms with Gasteiger partial charge in [-0.1, -0.05) is 6.07 Å². The number of hydrogen-bond acceptors (Lipinski definition) is 5. The van der Waals surface area contributed by atoms with E-state index in [0.29, 0.717) is 27.8 Å². The van der Waals surface area contributed by atoms with E-state index in [-0.39, 0.29) is 11.1 Å². The number of amides is 1. The standard InChI is InChI=1S/C27H24FN5O2/c1-16-5-6-21(32-25(34)17-9-18(11-19(28)10-17)27(2,3)14-29)13-24(16)31-20-7-8-23-22(12-20)26(35)33(4)15-30-23/h5-13,15,31H,1-4H3,(H,32,34). The van der Waals surface area contributed by atoms with Gasteiger partial charge in [-0.05, 0) is 80.4 Å². The van der Waals surface area contributed by atoms with Gasteiger partial charge in [0.25, 0.3) is 11.5 Å². The Morgan fingerprint density at radius 1 is 1.09 bits per heavy atom. The second kappa shape index (κ2) is 9.03. The molecule has 4 rings (SSSR count). The molecule has 0 aliphatic rings. The normalized spacial score (nSPS) is 11.2. The Hall–Kier alpha value is -4.51. The molecule has 3 aromatic carbocycles. The van der Waals surface area contributed by atoms with Gasteiger partial charge in [-0.2, -0.15) is 5.26 Å². The minimum absolute atomic E-state index is 0.122. The predicted molar refractivity (Wildman–Crippen MR) is 134 cm³/mol. The molecule has 1 aromatic heterocycles. The second-order valence-electron chi connectivity index (χ2n) is 8.97. The van der Waals surface area contributed by atoms with Crippen molar-refractivity contribution >= 4 is 33.9 Å². The summed E-state index contributed by atoms with van der Waals surface area (Å²) >= 11 is 0. The molecule has 0 unspecified atom stereocenters. The van der Waals surface area contributed by atoms with Gasteiger partial charge in [-0.15, -0.1) is 0 Å². The van der Waals surface area contributed by atoms with Crippen molar-refractivity contribution in [2.24, 2.45) is 7.05 Å². The molecule has 2 N–H and O–H groups in total. The fourth-order valence-electron chi connectivity index (χ4n) is 3.63. The number of nitriles is 1. The average molecular weight is 470 g/mol. The van der Waals surface area contributed by atoms with E-state index in [9.17, 15) is 19.2 Å². The second-order valence-corrected chi connectivity index (χ2v) is 8.97. The van der Waals surface area contributed by atoms with Gasteiger partial charge in [0.2, 0.25) is 0 Å². The number of halogens is 1. The molecule has 0 saturated carbocycles. The summed E-state index contributed by atoms with van der Waals surface area (Å²) in [6.45, 7) is 5.25. The van der Waals surface area contributed by atoms with Gasteiger partial charge < -0.3 is 15.2 Å². The first-order valence-electron chi connectivity index (χ1n) is 10.9. The van der Waals surface area contributed by atoms with Crippen molar-refractivity contribution < 1.29 is 9.18 Å². The van der Waals surface area contributed by atoms with E-state index >= 15 is 0 Å². The molecule has 8 heteroatoms. The molecule has 1 amide bonds. The molecule has 0 aliphatic heterocycles. The number of benzene rings is 3. The van der Waals surface area contributed by atoms with Crippen molar-refractivity contribution in [1.82, 2.24) is 9.55 Å². The van der Waals surface area contributed by atoms with Crippen LogP contribution in [0, 0.1) is 24.1 Å². The smallest absolute Gasteiger partial charge is 0.260 e. The Kier molecular flexibility index (Phi) is 6.10. The van der Waals surface area contributed by atoms with E-state index in [4.69, 9.17) is 0 Å². The Bertz CT molecular complexity index is 1570. The van der Waals surface area contributed by atoms with Crippen LogP contribution in [0.4, 0.5) is 21.5 Å². The van der Waals surface area contributed by atoms with Crippen LogP contribution < -0.4 is 16.2 Å². The van der Waals surface area contributed by atoms with E-state index in [1.165, 1.54) is 23.0 Å². The van der Waals surface area contributed by atoms with Crippen molar-refractivity contribution in [2.45, 2.75) is 26.2 Å². The zero-order chi connectivity index (χ0) is 25.3. The van der Waals surface area contributed by atoms with Crippen molar-refractivity contribution in [3.8, 4) is 6.07 Å². The first-order chi connectivity index (χ1) is 16.6. The summed E-state index contributed by atoms with van der Waals surface area (Å²) < 4.78 is 15.6. The molecule has 0 radical (unpaired) electrons. The minimum atomic E-state index is -0.936. The van der Waals surface area contributed by atoms with Crippen LogP contribution in [-0.4, -0.2) is 15.5 Å². The molecule has 176 valence electrons. The Labute approximate surface area is 201 Å². The molecule has 1 heterocycles. The molecule has 0 atom stereocenters. The molecular formula is C27H24FN5O2. The lowest BCUT2D eigenvalue weighted by Crippen LogP contribution is -2.18. The summed E-state index contributed by atoms with van der Waals surface area (Å²) in [6.07, 6.45) is 1.48. The molecule has 4 aromatic rings. The van der Waals surface area contributed by atoms with Crippen LogP contribution >= 0.6 is 0 Å². The highest BCUT2D eigenvalue weighted by Crippen LogP contribution is 2.27. The van der Waals surface area contributed by atoms with E-state index < -0.39 is 17.1 Å². The lowest BCUT2D eigenvalue weighted by atomic mass is 9.85. The Morgan fingerprint density at radius 3 is 2.57 bits per heavy atom. The highest BCUT2D eigenvalue weighted by molar-refractivity contribution is 6.04. The van der Waals surface area contributed by atoms with Gasteiger partial charge in [0.05, 0.1) is 28.7 Å². The maximum absolute atomic E-state index is 14.2. The van der Waals surface area contributed by atoms with E-state index in [2.05, 4.69) is 21.7 Å². The molecule has 0 aliphatic carbocycles. The van der Waals surface area contributed by atoms with Crippen LogP contribution in [0.5, 0.6) is 0 Å². The third kappa shape index (κ3) is 4.89. The molecule has 0 fully saturated rings. The topological polar surface area (TPSA) is 99.8 Å². The van der Waals surface area contributed by atoms with E-state index in [1.807, 2.05) is 19.1 Å². The molecular weight excluding hydrogens is 445 g/mol. The fraction of sp³-hybridized carbons (Fsp3) is 0.185. The van der Waals surface area contributed by atoms with Crippen molar-refractivity contribution in [1.29, 1.82) is 5.26 Å². The van der Waals surface area contributed by atoms with Crippen LogP contribution in [0.25, 0.3) is 10.9 Å². The predicted octanol–water partition coefficient (Wildman–Crippen LogP) is 5.18. The van der Waals surface area contributed by atoms with E-state index in [1.54, 1.807) is 45.2 Å². The first-order valence-corrected chi connectivity index (χ1v) is 10.9. The van der Waals surface area contributed by atoms with Gasteiger partial charge in [0.15, 0.2) is 0 Å². The number of carbonyl (C=O) groups excluding carboxylic acids is 1. The van der Waals surface area contributed by atoms with Gasteiger partial charge in [0, 0.05) is 29.7 Å². The number of rotatable bonds is 5. The summed E-state index contributed by atoms with van der Waals surface area (Å²) in [6, 6.07) is 16.7. The third-order valence-electron chi connectivity index (χ3n) is 5.85. The zero-order valence-corrected chi connectivity index (χ0v) is 19.8. The molecule has 0 saturated heterocycles. The Balaban J connectivity index is 1.61. The maximum Gasteiger partial charge on any atom is 0.260 e. The summed E-state index contributed by atoms with van der Waals surface area (Å²) in [5.41, 5.74) is 2.92. The van der Waals surface area contributed by atoms with Crippen molar-refractivity contribution in [3.63, 3.8) is 0 Å². The summed E-state index contributed by atoms with van der Waals surface area (Å²) in [7, 11) is 1.65. The number of fused-ring (bicyclic) bond motifs is 1. The summed E-state index contributed by atoms with van der Waals surface area (Å²) in [5.74, 6) is -1.08. The number of carbonyl (C=O) groups is 1. The summed E-state index contributed by atoms with van der Waals surface area (Å²) in [4.78, 5) is 29.6. The monoisotopic (exact) mass is 469 g/mol. The van der Waals surface area contributed by atoms with Gasteiger partial charge in [-0.3, -0.25) is 9.59 Å². The van der Waals surface area contributed by atoms with Gasteiger partial charge in [0.1, 0.15) is 5.82 Å². The largest absolute Gasteiger partial charge is 0.355 e. The highest BCUT2D eigenvalue weighted by atomic mass is 19.1. The molecule has 35 heavy (non-hydrogen) atoms. The van der Waals surface area contributed by atoms with Crippen molar-refractivity contribution in [3.05, 3.63) is 93.8 Å². The van der Waals surface area contributed by atoms with Gasteiger partial charge in [-0.25, -0.2) is 9.37 Å². The van der Waals surface area contributed by atoms with Crippen molar-refractivity contribution in [2.75, 3.05) is 10.6 Å². The fourth-order valence-corrected chi connectivity index (χ4v) is 3.63. The number of nitrogens with zero attached hydrogens (tertiary/aromatic N) is 3. The van der Waals surface area contributed by atoms with Gasteiger partial charge >= 0.3 is 0 Å². The number of hydrogen-bond donors (Lipinski definition) is 2. The van der Waals surface area contributed by atoms with Crippen LogP contribution in [-0.2, 0) is 12.5 Å². The van der Waals surface area contributed by atoms with Crippen LogP contribution in [0.3, 0.4) is 0 Å². The average Bonchev–Trinajstić information content (AvgIpc) is 2.83. The third-order valence-corrected chi connectivity index (χ3v) is 5.85. The number of nitrogens with one attached hydrogen (secondary N) is 2. The summed E-state index contributed by atoms with van der Waals surface area (Å²) in [5, 5.41) is 15.9. The molecule has 0 spiro atoms. The lowest BCUT2D eigenvalue weighted by molar-refractivity contribution is 0.102. The first kappa shape index (κ1) is 23.6. The number of aromatic nitrogens is 2. The number of aryl methyl sites for hydroxylation is 2. The van der Waals surface area contributed by atoms with Crippen LogP contribution in [0.1, 0.15) is 35.3 Å². The maximum atomic E-state index is 14.2. The number of anilines is 3. The lowest BCUT2D eigenvalue weighted by Gasteiger charge is -2.17. The minimum Gasteiger partial charge on any atom is -0.355 e. The molecule has 7 nitrogen and oxygen atoms in total. The van der Waals surface area contributed by atoms with Crippen LogP contribution in [0.2, 0.25) is 0 Å². The quantitative estimate of drug-likeness (QED) is 0.420.